The number of hydrogen-bond donors (Lipinski definition) is 7. The highest BCUT2D eigenvalue weighted by molar-refractivity contribution is 8.06. The number of carboxylic acids is 1. The summed E-state index contributed by atoms with van der Waals surface area (Å²) in [5.41, 5.74) is 9.84. The first-order valence-electron chi connectivity index (χ1n) is 15.1. The summed E-state index contributed by atoms with van der Waals surface area (Å²) in [5.74, 6) is 0.0819. The van der Waals surface area contributed by atoms with Gasteiger partial charge in [-0.15, -0.1) is 0 Å². The average molecular weight is 623 g/mol. The highest BCUT2D eigenvalue weighted by Gasteiger charge is 2.45. The minimum absolute atomic E-state index is 0.0199. The predicted octanol–water partition coefficient (Wildman–Crippen LogP) is 3.19. The molecule has 4 atom stereocenters. The van der Waals surface area contributed by atoms with Crippen molar-refractivity contribution in [2.24, 2.45) is 11.8 Å². The van der Waals surface area contributed by atoms with E-state index in [-0.39, 0.29) is 42.5 Å². The van der Waals surface area contributed by atoms with Gasteiger partial charge in [-0.1, -0.05) is 19.6 Å². The van der Waals surface area contributed by atoms with Gasteiger partial charge < -0.3 is 35.9 Å². The van der Waals surface area contributed by atoms with Crippen molar-refractivity contribution < 1.29 is 29.7 Å². The zero-order valence-electron chi connectivity index (χ0n) is 25.7. The SMILES string of the molecule is C=CC1=C(C)[C@@H](Cc2[nH]c(Cc3[nH]c(/C=C4\NC(=O)[C@H](C)[C@H]4[C@H]4CS4)c(C)c3CCC(O)O)c(CCC(=O)O)c2C)NC1=O. The number of allylic oxidation sites excluding steroid dienone is 1. The molecule has 10 nitrogen and oxygen atoms in total. The fraction of sp³-hybridized carbons (Fsp3) is 0.485. The molecule has 2 aromatic rings. The van der Waals surface area contributed by atoms with Gasteiger partial charge in [0, 0.05) is 82.6 Å². The Bertz CT molecular complexity index is 1560. The number of aliphatic hydroxyl groups excluding tert-OH is 1. The molecule has 0 aromatic carbocycles. The molecule has 0 spiro atoms. The van der Waals surface area contributed by atoms with Crippen molar-refractivity contribution in [2.75, 3.05) is 5.75 Å². The summed E-state index contributed by atoms with van der Waals surface area (Å²) in [5, 5.41) is 35.4. The van der Waals surface area contributed by atoms with Gasteiger partial charge in [0.1, 0.15) is 0 Å². The van der Waals surface area contributed by atoms with E-state index in [9.17, 15) is 29.7 Å². The molecular formula is C33H42N4O6S. The number of carboxylic acid groups (broad SMARTS) is 1. The maximum absolute atomic E-state index is 12.6. The highest BCUT2D eigenvalue weighted by atomic mass is 32.2. The normalized spacial score (nSPS) is 24.0. The second-order valence-corrected chi connectivity index (χ2v) is 13.5. The molecule has 0 saturated carbocycles. The van der Waals surface area contributed by atoms with Gasteiger partial charge in [-0.2, -0.15) is 11.8 Å². The summed E-state index contributed by atoms with van der Waals surface area (Å²) in [7, 11) is 0. The second-order valence-electron chi connectivity index (χ2n) is 12.2. The van der Waals surface area contributed by atoms with Crippen LogP contribution in [-0.2, 0) is 40.1 Å². The Morgan fingerprint density at radius 3 is 2.36 bits per heavy atom. The van der Waals surface area contributed by atoms with Gasteiger partial charge in [-0.3, -0.25) is 14.4 Å². The van der Waals surface area contributed by atoms with Crippen molar-refractivity contribution in [1.29, 1.82) is 0 Å². The smallest absolute Gasteiger partial charge is 0.303 e. The van der Waals surface area contributed by atoms with Crippen LogP contribution in [0.1, 0.15) is 71.7 Å². The molecule has 5 heterocycles. The van der Waals surface area contributed by atoms with Crippen LogP contribution in [0.2, 0.25) is 0 Å². The van der Waals surface area contributed by atoms with Crippen LogP contribution in [0, 0.1) is 25.7 Å². The molecule has 2 aromatic heterocycles. The minimum Gasteiger partial charge on any atom is -0.481 e. The summed E-state index contributed by atoms with van der Waals surface area (Å²) >= 11 is 1.86. The Balaban J connectivity index is 1.51. The fourth-order valence-electron chi connectivity index (χ4n) is 6.71. The summed E-state index contributed by atoms with van der Waals surface area (Å²) in [6, 6.07) is -0.192. The van der Waals surface area contributed by atoms with Gasteiger partial charge in [0.25, 0.3) is 5.91 Å². The Kier molecular flexibility index (Phi) is 9.29. The van der Waals surface area contributed by atoms with Gasteiger partial charge in [0.15, 0.2) is 6.29 Å². The van der Waals surface area contributed by atoms with E-state index in [0.717, 1.165) is 62.1 Å². The lowest BCUT2D eigenvalue weighted by Crippen LogP contribution is -2.30. The van der Waals surface area contributed by atoms with Gasteiger partial charge >= 0.3 is 5.97 Å². The molecule has 44 heavy (non-hydrogen) atoms. The van der Waals surface area contributed by atoms with E-state index in [0.29, 0.717) is 36.5 Å². The van der Waals surface area contributed by atoms with E-state index in [1.165, 1.54) is 0 Å². The van der Waals surface area contributed by atoms with E-state index < -0.39 is 12.3 Å². The van der Waals surface area contributed by atoms with Crippen LogP contribution >= 0.6 is 11.8 Å². The van der Waals surface area contributed by atoms with E-state index in [2.05, 4.69) is 27.2 Å². The van der Waals surface area contributed by atoms with Crippen LogP contribution in [0.15, 0.2) is 29.5 Å². The molecular weight excluding hydrogens is 580 g/mol. The summed E-state index contributed by atoms with van der Waals surface area (Å²) in [4.78, 5) is 43.7. The van der Waals surface area contributed by atoms with Crippen LogP contribution in [-0.4, -0.2) is 66.4 Å². The number of rotatable bonds is 13. The van der Waals surface area contributed by atoms with E-state index >= 15 is 0 Å². The number of aliphatic carboxylic acids is 1. The van der Waals surface area contributed by atoms with Crippen molar-refractivity contribution in [1.82, 2.24) is 20.6 Å². The molecule has 7 N–H and O–H groups in total. The maximum atomic E-state index is 12.6. The topological polar surface area (TPSA) is 168 Å². The molecule has 2 fully saturated rings. The van der Waals surface area contributed by atoms with Crippen LogP contribution in [0.5, 0.6) is 0 Å². The summed E-state index contributed by atoms with van der Waals surface area (Å²) in [6.45, 7) is 11.6. The quantitative estimate of drug-likeness (QED) is 0.133. The highest BCUT2D eigenvalue weighted by Crippen LogP contribution is 2.46. The third kappa shape index (κ3) is 6.45. The van der Waals surface area contributed by atoms with Crippen molar-refractivity contribution >= 4 is 35.6 Å². The first-order chi connectivity index (χ1) is 20.9. The van der Waals surface area contributed by atoms with Crippen LogP contribution in [0.3, 0.4) is 0 Å². The van der Waals surface area contributed by atoms with E-state index in [4.69, 9.17) is 0 Å². The largest absolute Gasteiger partial charge is 0.481 e. The van der Waals surface area contributed by atoms with Crippen LogP contribution in [0.25, 0.3) is 6.08 Å². The van der Waals surface area contributed by atoms with Gasteiger partial charge in [-0.25, -0.2) is 0 Å². The molecule has 5 rings (SSSR count). The number of aliphatic hydroxyl groups is 2. The molecule has 0 unspecified atom stereocenters. The number of hydrogen-bond acceptors (Lipinski definition) is 6. The third-order valence-electron chi connectivity index (χ3n) is 9.42. The van der Waals surface area contributed by atoms with Gasteiger partial charge in [0.05, 0.1) is 6.04 Å². The molecule has 0 radical (unpaired) electrons. The predicted molar refractivity (Wildman–Crippen MR) is 170 cm³/mol. The summed E-state index contributed by atoms with van der Waals surface area (Å²) < 4.78 is 0. The number of nitrogens with one attached hydrogen (secondary N) is 4. The van der Waals surface area contributed by atoms with Crippen molar-refractivity contribution in [3.63, 3.8) is 0 Å². The zero-order valence-corrected chi connectivity index (χ0v) is 26.5. The average Bonchev–Trinajstić information content (AvgIpc) is 3.53. The van der Waals surface area contributed by atoms with Crippen LogP contribution < -0.4 is 10.6 Å². The lowest BCUT2D eigenvalue weighted by molar-refractivity contribution is -0.137. The fourth-order valence-corrected chi connectivity index (χ4v) is 7.62. The second kappa shape index (κ2) is 12.8. The Morgan fingerprint density at radius 1 is 1.07 bits per heavy atom. The monoisotopic (exact) mass is 622 g/mol. The lowest BCUT2D eigenvalue weighted by atomic mass is 9.91. The molecule has 3 aliphatic rings. The van der Waals surface area contributed by atoms with Crippen LogP contribution in [0.4, 0.5) is 0 Å². The Morgan fingerprint density at radius 2 is 1.75 bits per heavy atom. The standard InChI is InChI=1S/C33H42N4O6S/c1-6-19-15(2)24(36-33(19)43)11-22-16(3)20(7-9-29(38)39)25(34-22)13-26-21(8-10-30(40)41)17(4)23(35-26)12-27-31(28-14-44-28)18(5)32(42)37-27/h6,12,18,24,28,30-31,34-35,40-41H,1,7-11,13-14H2,2-5H3,(H,36,43)(H,37,42)(H,38,39)/b27-12-/t18-,24-,28-,31-/m1/s1. The number of carbonyl (C=O) groups is 3. The Labute approximate surface area is 261 Å². The maximum Gasteiger partial charge on any atom is 0.303 e. The molecule has 2 saturated heterocycles. The number of H-pyrrole nitrogens is 2. The van der Waals surface area contributed by atoms with Crippen molar-refractivity contribution in [3.05, 3.63) is 74.5 Å². The Hall–Kier alpha value is -3.54. The first-order valence-corrected chi connectivity index (χ1v) is 16.2. The third-order valence-corrected chi connectivity index (χ3v) is 10.4. The number of aromatic amines is 2. The molecule has 0 bridgehead atoms. The molecule has 3 aliphatic heterocycles. The van der Waals surface area contributed by atoms with E-state index in [1.807, 2.05) is 45.5 Å². The van der Waals surface area contributed by atoms with Crippen molar-refractivity contribution in [3.8, 4) is 0 Å². The summed E-state index contributed by atoms with van der Waals surface area (Å²) in [6.07, 6.45) is 4.05. The van der Waals surface area contributed by atoms with Gasteiger partial charge in [0.2, 0.25) is 5.91 Å². The zero-order chi connectivity index (χ0) is 31.9. The molecule has 2 amide bonds. The molecule has 0 aliphatic carbocycles. The minimum atomic E-state index is -1.45. The van der Waals surface area contributed by atoms with E-state index in [1.54, 1.807) is 6.08 Å². The number of aromatic nitrogens is 2. The number of carbonyl (C=O) groups excluding carboxylic acids is 2. The number of amides is 2. The molecule has 11 heteroatoms. The number of thioether (sulfide) groups is 1. The lowest BCUT2D eigenvalue weighted by Gasteiger charge is -2.12. The van der Waals surface area contributed by atoms with Gasteiger partial charge in [-0.05, 0) is 67.5 Å². The van der Waals surface area contributed by atoms with Crippen molar-refractivity contribution in [2.45, 2.75) is 83.8 Å². The first kappa shape index (κ1) is 31.9. The molecule has 236 valence electrons.